The fraction of sp³-hybridized carbons (Fsp3) is 0.462. The van der Waals surface area contributed by atoms with E-state index in [2.05, 4.69) is 4.74 Å². The van der Waals surface area contributed by atoms with Gasteiger partial charge in [-0.3, -0.25) is 14.9 Å². The molecule has 0 bridgehead atoms. The highest BCUT2D eigenvalue weighted by Gasteiger charge is 2.19. The summed E-state index contributed by atoms with van der Waals surface area (Å²) in [7, 11) is 3.14. The van der Waals surface area contributed by atoms with Gasteiger partial charge in [0.15, 0.2) is 0 Å². The lowest BCUT2D eigenvalue weighted by atomic mass is 10.1. The van der Waals surface area contributed by atoms with Gasteiger partial charge in [0.1, 0.15) is 0 Å². The Kier molecular flexibility index (Phi) is 4.86. The second-order valence-corrected chi connectivity index (χ2v) is 4.48. The smallest absolute Gasteiger partial charge is 0.310 e. The molecule has 6 heteroatoms. The second kappa shape index (κ2) is 6.17. The van der Waals surface area contributed by atoms with Crippen molar-refractivity contribution >= 4 is 17.3 Å². The number of benzene rings is 1. The van der Waals surface area contributed by atoms with Gasteiger partial charge in [-0.05, 0) is 13.0 Å². The highest BCUT2D eigenvalue weighted by molar-refractivity contribution is 5.73. The first-order valence-corrected chi connectivity index (χ1v) is 5.91. The Balaban J connectivity index is 2.94. The zero-order valence-electron chi connectivity index (χ0n) is 11.5. The highest BCUT2D eigenvalue weighted by Crippen LogP contribution is 2.27. The molecule has 0 saturated carbocycles. The Morgan fingerprint density at radius 3 is 2.68 bits per heavy atom. The van der Waals surface area contributed by atoms with Crippen molar-refractivity contribution in [1.29, 1.82) is 0 Å². The monoisotopic (exact) mass is 266 g/mol. The van der Waals surface area contributed by atoms with Crippen molar-refractivity contribution in [1.82, 2.24) is 0 Å². The number of carbonyl (C=O) groups excluding carboxylic acids is 1. The van der Waals surface area contributed by atoms with Crippen LogP contribution in [-0.2, 0) is 9.53 Å². The summed E-state index contributed by atoms with van der Waals surface area (Å²) in [5.41, 5.74) is 1.41. The third kappa shape index (κ3) is 3.43. The maximum atomic E-state index is 11.4. The predicted molar refractivity (Wildman–Crippen MR) is 72.3 cm³/mol. The maximum Gasteiger partial charge on any atom is 0.310 e. The van der Waals surface area contributed by atoms with Gasteiger partial charge in [-0.15, -0.1) is 0 Å². The van der Waals surface area contributed by atoms with Crippen LogP contribution in [0.3, 0.4) is 0 Å². The molecule has 19 heavy (non-hydrogen) atoms. The van der Waals surface area contributed by atoms with Crippen LogP contribution in [0, 0.1) is 23.0 Å². The third-order valence-corrected chi connectivity index (χ3v) is 3.04. The first kappa shape index (κ1) is 14.9. The summed E-state index contributed by atoms with van der Waals surface area (Å²) < 4.78 is 4.67. The number of rotatable bonds is 5. The molecule has 1 rings (SSSR count). The molecule has 6 nitrogen and oxygen atoms in total. The summed E-state index contributed by atoms with van der Waals surface area (Å²) >= 11 is 0. The summed E-state index contributed by atoms with van der Waals surface area (Å²) in [6.07, 6.45) is 0. The van der Waals surface area contributed by atoms with E-state index in [0.29, 0.717) is 12.1 Å². The number of hydrogen-bond donors (Lipinski definition) is 0. The molecule has 1 unspecified atom stereocenters. The molecule has 0 spiro atoms. The van der Waals surface area contributed by atoms with E-state index >= 15 is 0 Å². The van der Waals surface area contributed by atoms with Crippen LogP contribution in [0.1, 0.15) is 12.5 Å². The van der Waals surface area contributed by atoms with Gasteiger partial charge in [-0.25, -0.2) is 0 Å². The molecule has 0 aliphatic rings. The summed E-state index contributed by atoms with van der Waals surface area (Å²) in [6.45, 7) is 3.90. The van der Waals surface area contributed by atoms with E-state index in [1.807, 2.05) is 4.90 Å². The van der Waals surface area contributed by atoms with Gasteiger partial charge < -0.3 is 9.64 Å². The van der Waals surface area contributed by atoms with E-state index in [1.165, 1.54) is 13.2 Å². The van der Waals surface area contributed by atoms with E-state index < -0.39 is 4.92 Å². The number of anilines is 1. The Bertz CT molecular complexity index is 488. The van der Waals surface area contributed by atoms with Crippen molar-refractivity contribution in [3.05, 3.63) is 33.9 Å². The highest BCUT2D eigenvalue weighted by atomic mass is 16.6. The zero-order valence-corrected chi connectivity index (χ0v) is 11.5. The minimum absolute atomic E-state index is 0.0788. The number of nitrogens with zero attached hydrogens (tertiary/aromatic N) is 2. The molecular weight excluding hydrogens is 248 g/mol. The molecular formula is C13H18N2O4. The van der Waals surface area contributed by atoms with E-state index in [9.17, 15) is 14.9 Å². The number of methoxy groups -OCH3 is 1. The molecule has 0 heterocycles. The average molecular weight is 266 g/mol. The number of carbonyl (C=O) groups is 1. The minimum Gasteiger partial charge on any atom is -0.469 e. The first-order chi connectivity index (χ1) is 8.88. The van der Waals surface area contributed by atoms with Crippen LogP contribution in [-0.4, -0.2) is 31.6 Å². The van der Waals surface area contributed by atoms with Crippen LogP contribution in [0.25, 0.3) is 0 Å². The lowest BCUT2D eigenvalue weighted by Crippen LogP contribution is -2.29. The second-order valence-electron chi connectivity index (χ2n) is 4.48. The summed E-state index contributed by atoms with van der Waals surface area (Å²) in [5, 5.41) is 10.9. The standard InChI is InChI=1S/C13H18N2O4/c1-9(13(16)19-4)8-14(3)11-6-5-7-12(10(11)2)15(17)18/h5-7,9H,8H2,1-4H3. The molecule has 1 aromatic rings. The van der Waals surface area contributed by atoms with Gasteiger partial charge in [0.05, 0.1) is 18.0 Å². The Morgan fingerprint density at radius 1 is 1.53 bits per heavy atom. The van der Waals surface area contributed by atoms with Gasteiger partial charge in [-0.2, -0.15) is 0 Å². The Hall–Kier alpha value is -2.11. The zero-order chi connectivity index (χ0) is 14.6. The number of nitro groups is 1. The number of hydrogen-bond acceptors (Lipinski definition) is 5. The molecule has 0 fully saturated rings. The van der Waals surface area contributed by atoms with Crippen LogP contribution in [0.5, 0.6) is 0 Å². The number of ether oxygens (including phenoxy) is 1. The van der Waals surface area contributed by atoms with E-state index in [1.54, 1.807) is 33.0 Å². The predicted octanol–water partition coefficient (Wildman–Crippen LogP) is 2.15. The van der Waals surface area contributed by atoms with Crippen molar-refractivity contribution in [3.63, 3.8) is 0 Å². The normalized spacial score (nSPS) is 11.8. The van der Waals surface area contributed by atoms with Crippen molar-refractivity contribution in [2.45, 2.75) is 13.8 Å². The van der Waals surface area contributed by atoms with Gasteiger partial charge in [0.25, 0.3) is 5.69 Å². The largest absolute Gasteiger partial charge is 0.469 e. The van der Waals surface area contributed by atoms with Gasteiger partial charge in [0, 0.05) is 30.9 Å². The summed E-state index contributed by atoms with van der Waals surface area (Å²) in [4.78, 5) is 23.7. The molecule has 1 atom stereocenters. The van der Waals surface area contributed by atoms with E-state index in [4.69, 9.17) is 0 Å². The fourth-order valence-corrected chi connectivity index (χ4v) is 2.01. The lowest BCUT2D eigenvalue weighted by molar-refractivity contribution is -0.385. The molecule has 0 aliphatic heterocycles. The van der Waals surface area contributed by atoms with Crippen molar-refractivity contribution in [2.24, 2.45) is 5.92 Å². The van der Waals surface area contributed by atoms with Crippen LogP contribution in [0.2, 0.25) is 0 Å². The molecule has 0 N–H and O–H groups in total. The summed E-state index contributed by atoms with van der Waals surface area (Å²) in [6, 6.07) is 4.91. The van der Waals surface area contributed by atoms with Crippen molar-refractivity contribution in [3.8, 4) is 0 Å². The first-order valence-electron chi connectivity index (χ1n) is 5.91. The molecule has 0 saturated heterocycles. The Morgan fingerprint density at radius 2 is 2.16 bits per heavy atom. The molecule has 104 valence electrons. The average Bonchev–Trinajstić information content (AvgIpc) is 2.37. The summed E-state index contributed by atoms with van der Waals surface area (Å²) in [5.74, 6) is -0.594. The van der Waals surface area contributed by atoms with Gasteiger partial charge in [0.2, 0.25) is 0 Å². The topological polar surface area (TPSA) is 72.7 Å². The van der Waals surface area contributed by atoms with Gasteiger partial charge in [-0.1, -0.05) is 13.0 Å². The Labute approximate surface area is 112 Å². The van der Waals surface area contributed by atoms with Crippen molar-refractivity contribution < 1.29 is 14.5 Å². The lowest BCUT2D eigenvalue weighted by Gasteiger charge is -2.23. The molecule has 0 aliphatic carbocycles. The minimum atomic E-state index is -0.406. The number of nitro benzene ring substituents is 1. The number of esters is 1. The van der Waals surface area contributed by atoms with Crippen LogP contribution in [0.15, 0.2) is 18.2 Å². The van der Waals surface area contributed by atoms with Crippen LogP contribution < -0.4 is 4.90 Å². The quantitative estimate of drug-likeness (QED) is 0.464. The molecule has 0 aromatic heterocycles. The molecule has 0 radical (unpaired) electrons. The molecule has 1 aromatic carbocycles. The van der Waals surface area contributed by atoms with E-state index in [-0.39, 0.29) is 17.6 Å². The molecule has 0 amide bonds. The van der Waals surface area contributed by atoms with Crippen molar-refractivity contribution in [2.75, 3.05) is 25.6 Å². The third-order valence-electron chi connectivity index (χ3n) is 3.04. The van der Waals surface area contributed by atoms with Crippen LogP contribution >= 0.6 is 0 Å². The van der Waals surface area contributed by atoms with E-state index in [0.717, 1.165) is 5.69 Å². The van der Waals surface area contributed by atoms with Crippen LogP contribution in [0.4, 0.5) is 11.4 Å². The van der Waals surface area contributed by atoms with Gasteiger partial charge >= 0.3 is 5.97 Å². The SMILES string of the molecule is COC(=O)C(C)CN(C)c1cccc([N+](=O)[O-])c1C. The fourth-order valence-electron chi connectivity index (χ4n) is 2.01. The maximum absolute atomic E-state index is 11.4.